The number of carbonyl (C=O) groups excluding carboxylic acids is 2. The number of unbranched alkanes of at least 4 members (excludes halogenated alkanes) is 4. The Bertz CT molecular complexity index is 1920. The predicted molar refractivity (Wildman–Crippen MR) is 253 cm³/mol. The zero-order valence-corrected chi connectivity index (χ0v) is 37.0. The van der Waals surface area contributed by atoms with Gasteiger partial charge in [0.2, 0.25) is 11.6 Å². The minimum absolute atomic E-state index is 0.139. The zero-order chi connectivity index (χ0) is 44.9. The van der Waals surface area contributed by atoms with Crippen molar-refractivity contribution in [2.24, 2.45) is 11.8 Å². The van der Waals surface area contributed by atoms with Gasteiger partial charge < -0.3 is 40.6 Å². The summed E-state index contributed by atoms with van der Waals surface area (Å²) >= 11 is 0. The van der Waals surface area contributed by atoms with Gasteiger partial charge in [0.25, 0.3) is 0 Å². The van der Waals surface area contributed by atoms with Crippen LogP contribution in [0.3, 0.4) is 0 Å². The SMILES string of the molecule is C=CCCCCOC1CCC(COc2ccc(C=CC(=O)CC(c3ccc(N)cc3N)C(O)(O)C(=O)C=Cc3ccc(OCC4CCC(OCCCCC=C)CC4)cc3)cc2)CC1. The molecule has 340 valence electrons. The van der Waals surface area contributed by atoms with E-state index in [4.69, 9.17) is 30.4 Å². The topological polar surface area (TPSA) is 164 Å². The van der Waals surface area contributed by atoms with Crippen LogP contribution in [0.1, 0.15) is 119 Å². The van der Waals surface area contributed by atoms with Gasteiger partial charge in [0.15, 0.2) is 5.78 Å². The number of aliphatic hydroxyl groups is 2. The third-order valence-electron chi connectivity index (χ3n) is 12.3. The summed E-state index contributed by atoms with van der Waals surface area (Å²) in [6.45, 7) is 10.4. The van der Waals surface area contributed by atoms with Gasteiger partial charge in [-0.1, -0.05) is 54.6 Å². The third kappa shape index (κ3) is 16.6. The summed E-state index contributed by atoms with van der Waals surface area (Å²) in [5.41, 5.74) is 14.3. The number of hydrogen-bond acceptors (Lipinski definition) is 10. The highest BCUT2D eigenvalue weighted by Crippen LogP contribution is 2.36. The number of carbonyl (C=O) groups is 2. The van der Waals surface area contributed by atoms with E-state index in [-0.39, 0.29) is 11.3 Å². The van der Waals surface area contributed by atoms with Crippen molar-refractivity contribution in [3.8, 4) is 11.5 Å². The first-order valence-corrected chi connectivity index (χ1v) is 23.0. The number of hydrogen-bond donors (Lipinski definition) is 4. The van der Waals surface area contributed by atoms with Crippen LogP contribution in [0.4, 0.5) is 11.4 Å². The molecule has 0 aliphatic heterocycles. The quantitative estimate of drug-likeness (QED) is 0.0191. The van der Waals surface area contributed by atoms with Crippen LogP contribution in [-0.4, -0.2) is 66.2 Å². The summed E-state index contributed by atoms with van der Waals surface area (Å²) in [4.78, 5) is 26.9. The molecule has 0 amide bonds. The molecule has 1 unspecified atom stereocenters. The normalized spacial score (nSPS) is 19.8. The molecule has 5 rings (SSSR count). The Morgan fingerprint density at radius 2 is 1.14 bits per heavy atom. The largest absolute Gasteiger partial charge is 0.493 e. The molecular weight excluding hydrogens is 793 g/mol. The van der Waals surface area contributed by atoms with E-state index in [0.29, 0.717) is 54.3 Å². The highest BCUT2D eigenvalue weighted by Gasteiger charge is 2.43. The first-order valence-electron chi connectivity index (χ1n) is 23.0. The van der Waals surface area contributed by atoms with Crippen molar-refractivity contribution in [1.29, 1.82) is 0 Å². The van der Waals surface area contributed by atoms with Gasteiger partial charge in [-0.15, -0.1) is 13.2 Å². The van der Waals surface area contributed by atoms with E-state index in [1.807, 2.05) is 48.6 Å². The zero-order valence-electron chi connectivity index (χ0n) is 37.0. The van der Waals surface area contributed by atoms with E-state index >= 15 is 0 Å². The third-order valence-corrected chi connectivity index (χ3v) is 12.3. The molecule has 0 saturated heterocycles. The number of rotatable bonds is 27. The van der Waals surface area contributed by atoms with E-state index in [0.717, 1.165) is 120 Å². The van der Waals surface area contributed by atoms with Crippen molar-refractivity contribution in [2.75, 3.05) is 37.9 Å². The second kappa shape index (κ2) is 25.9. The van der Waals surface area contributed by atoms with Crippen LogP contribution in [0, 0.1) is 11.8 Å². The van der Waals surface area contributed by atoms with Gasteiger partial charge in [-0.3, -0.25) is 9.59 Å². The molecule has 63 heavy (non-hydrogen) atoms. The van der Waals surface area contributed by atoms with Gasteiger partial charge >= 0.3 is 0 Å². The molecule has 2 saturated carbocycles. The molecule has 6 N–H and O–H groups in total. The second-order valence-corrected chi connectivity index (χ2v) is 17.2. The van der Waals surface area contributed by atoms with Crippen LogP contribution in [0.25, 0.3) is 12.2 Å². The number of ether oxygens (including phenoxy) is 4. The fourth-order valence-corrected chi connectivity index (χ4v) is 8.29. The Morgan fingerprint density at radius 1 is 0.667 bits per heavy atom. The van der Waals surface area contributed by atoms with Gasteiger partial charge in [-0.2, -0.15) is 0 Å². The molecule has 0 bridgehead atoms. The average molecular weight is 863 g/mol. The van der Waals surface area contributed by atoms with Crippen molar-refractivity contribution in [3.05, 3.63) is 121 Å². The highest BCUT2D eigenvalue weighted by molar-refractivity contribution is 6.01. The molecule has 0 spiro atoms. The summed E-state index contributed by atoms with van der Waals surface area (Å²) in [5, 5.41) is 22.8. The van der Waals surface area contributed by atoms with Crippen molar-refractivity contribution in [1.82, 2.24) is 0 Å². The molecule has 2 fully saturated rings. The van der Waals surface area contributed by atoms with Crippen molar-refractivity contribution >= 4 is 35.1 Å². The highest BCUT2D eigenvalue weighted by atomic mass is 16.5. The van der Waals surface area contributed by atoms with Crippen LogP contribution in [-0.2, 0) is 19.1 Å². The molecule has 3 aromatic rings. The standard InChI is InChI=1S/C53H70N2O8/c1-3-5-7-9-33-60-45-27-16-41(17-28-45)37-62-47-23-12-39(13-24-47)11-22-44(56)36-50(49-31-21-43(54)35-51(49)55)53(58,59)52(57)32-20-40-14-25-48(26-15-40)63-38-42-18-29-46(30-19-42)61-34-10-8-6-4-2/h3-4,11-15,20-26,31-32,35,41-42,45-46,50,58-59H,1-2,5-10,16-19,27-30,33-34,36-38,54-55H2. The maximum absolute atomic E-state index is 13.5. The fourth-order valence-electron chi connectivity index (χ4n) is 8.29. The number of nitrogen functional groups attached to an aromatic ring is 2. The number of allylic oxidation sites excluding steroid dienone is 3. The molecule has 0 radical (unpaired) electrons. The van der Waals surface area contributed by atoms with E-state index in [1.165, 1.54) is 24.3 Å². The maximum Gasteiger partial charge on any atom is 0.235 e. The lowest BCUT2D eigenvalue weighted by Gasteiger charge is -2.30. The summed E-state index contributed by atoms with van der Waals surface area (Å²) in [6, 6.07) is 19.2. The number of nitrogens with two attached hydrogens (primary N) is 2. The molecule has 2 aliphatic carbocycles. The van der Waals surface area contributed by atoms with E-state index in [1.54, 1.807) is 24.3 Å². The molecule has 0 heterocycles. The Hall–Kier alpha value is -5.00. The van der Waals surface area contributed by atoms with Crippen LogP contribution in [0.2, 0.25) is 0 Å². The molecule has 1 atom stereocenters. The Balaban J connectivity index is 1.10. The lowest BCUT2D eigenvalue weighted by molar-refractivity contribution is -0.187. The van der Waals surface area contributed by atoms with Crippen LogP contribution in [0.15, 0.2) is 104 Å². The maximum atomic E-state index is 13.5. The van der Waals surface area contributed by atoms with Crippen molar-refractivity contribution < 1.29 is 38.7 Å². The fraction of sp³-hybridized carbons (Fsp3) is 0.472. The molecule has 2 aliphatic rings. The number of ketones is 2. The Labute approximate surface area is 375 Å². The van der Waals surface area contributed by atoms with Crippen molar-refractivity contribution in [3.63, 3.8) is 0 Å². The first kappa shape index (κ1) is 49.0. The molecule has 10 heteroatoms. The van der Waals surface area contributed by atoms with E-state index < -0.39 is 29.7 Å². The van der Waals surface area contributed by atoms with Crippen LogP contribution < -0.4 is 20.9 Å². The smallest absolute Gasteiger partial charge is 0.235 e. The Morgan fingerprint density at radius 3 is 1.60 bits per heavy atom. The number of anilines is 2. The molecule has 10 nitrogen and oxygen atoms in total. The van der Waals surface area contributed by atoms with Gasteiger partial charge in [-0.05, 0) is 167 Å². The average Bonchev–Trinajstić information content (AvgIpc) is 3.29. The van der Waals surface area contributed by atoms with Gasteiger partial charge in [0.1, 0.15) is 11.5 Å². The Kier molecular flexibility index (Phi) is 20.2. The molecule has 3 aromatic carbocycles. The lowest BCUT2D eigenvalue weighted by Crippen LogP contribution is -2.44. The summed E-state index contributed by atoms with van der Waals surface area (Å²) in [7, 11) is 0. The van der Waals surface area contributed by atoms with E-state index in [2.05, 4.69) is 13.2 Å². The van der Waals surface area contributed by atoms with E-state index in [9.17, 15) is 19.8 Å². The summed E-state index contributed by atoms with van der Waals surface area (Å²) in [5.74, 6) is -3.34. The lowest BCUT2D eigenvalue weighted by atomic mass is 9.82. The molecule has 0 aromatic heterocycles. The van der Waals surface area contributed by atoms with Gasteiger partial charge in [0, 0.05) is 31.0 Å². The van der Waals surface area contributed by atoms with Crippen LogP contribution in [0.5, 0.6) is 11.5 Å². The van der Waals surface area contributed by atoms with Gasteiger partial charge in [0.05, 0.1) is 31.3 Å². The second-order valence-electron chi connectivity index (χ2n) is 17.2. The van der Waals surface area contributed by atoms with Crippen molar-refractivity contribution in [2.45, 2.75) is 120 Å². The minimum atomic E-state index is -2.96. The predicted octanol–water partition coefficient (Wildman–Crippen LogP) is 10.2. The first-order chi connectivity index (χ1) is 30.5. The summed E-state index contributed by atoms with van der Waals surface area (Å²) in [6.07, 6.45) is 24.7. The summed E-state index contributed by atoms with van der Waals surface area (Å²) < 4.78 is 24.3. The number of benzene rings is 3. The minimum Gasteiger partial charge on any atom is -0.493 e. The monoisotopic (exact) mass is 863 g/mol. The van der Waals surface area contributed by atoms with Crippen LogP contribution >= 0.6 is 0 Å². The van der Waals surface area contributed by atoms with Gasteiger partial charge in [-0.25, -0.2) is 0 Å². The molecular formula is C53H70N2O8.